The van der Waals surface area contributed by atoms with Crippen LogP contribution < -0.4 is 30.6 Å². The smallest absolute Gasteiger partial charge is 0.301 e. The van der Waals surface area contributed by atoms with E-state index >= 15 is 8.78 Å². The Morgan fingerprint density at radius 2 is 1.67 bits per heavy atom. The highest BCUT2D eigenvalue weighted by Crippen LogP contribution is 2.36. The number of benzene rings is 3. The van der Waals surface area contributed by atoms with Crippen LogP contribution in [-0.4, -0.2) is 125 Å². The molecule has 5 heterocycles. The molecule has 67 heavy (non-hydrogen) atoms. The highest BCUT2D eigenvalue weighted by molar-refractivity contribution is 7.90. The van der Waals surface area contributed by atoms with Crippen LogP contribution in [0.15, 0.2) is 72.0 Å². The number of carbonyl (C=O) groups is 3. The highest BCUT2D eigenvalue weighted by Gasteiger charge is 2.35. The number of nitriles is 1. The number of imide groups is 1. The molecule has 0 bridgehead atoms. The number of amides is 3. The summed E-state index contributed by atoms with van der Waals surface area (Å²) in [4.78, 5) is 70.0. The molecule has 3 aromatic carbocycles. The minimum Gasteiger partial charge on any atom is -0.453 e. The number of anilines is 3. The van der Waals surface area contributed by atoms with Crippen LogP contribution in [0.1, 0.15) is 55.6 Å². The van der Waals surface area contributed by atoms with Crippen molar-refractivity contribution in [1.29, 1.82) is 5.26 Å². The van der Waals surface area contributed by atoms with Crippen molar-refractivity contribution in [2.75, 3.05) is 67.8 Å². The van der Waals surface area contributed by atoms with E-state index in [-0.39, 0.29) is 64.9 Å². The number of likely N-dealkylation sites (tertiary alicyclic amines) is 1. The second kappa shape index (κ2) is 18.7. The van der Waals surface area contributed by atoms with E-state index < -0.39 is 39.3 Å². The first-order valence-electron chi connectivity index (χ1n) is 21.9. The van der Waals surface area contributed by atoms with Crippen molar-refractivity contribution >= 4 is 56.2 Å². The van der Waals surface area contributed by atoms with Crippen molar-refractivity contribution in [2.24, 2.45) is 0 Å². The average molecular weight is 937 g/mol. The fourth-order valence-electron chi connectivity index (χ4n) is 8.60. The van der Waals surface area contributed by atoms with E-state index in [9.17, 15) is 32.9 Å². The normalized spacial score (nSPS) is 18.5. The molecule has 2 aromatic heterocycles. The van der Waals surface area contributed by atoms with E-state index in [1.165, 1.54) is 58.9 Å². The summed E-state index contributed by atoms with van der Waals surface area (Å²) in [5.41, 5.74) is 0.671. The van der Waals surface area contributed by atoms with Crippen LogP contribution in [-0.2, 0) is 24.6 Å². The predicted molar refractivity (Wildman–Crippen MR) is 241 cm³/mol. The number of halogens is 2. The molecule has 1 atom stereocenters. The largest absolute Gasteiger partial charge is 0.453 e. The van der Waals surface area contributed by atoms with Gasteiger partial charge in [0, 0.05) is 51.4 Å². The topological polar surface area (TPSA) is 228 Å². The molecular formula is C45H46F2N12O7S. The minimum absolute atomic E-state index is 0.00223. The van der Waals surface area contributed by atoms with Gasteiger partial charge in [-0.3, -0.25) is 38.7 Å². The zero-order valence-corrected chi connectivity index (χ0v) is 37.1. The summed E-state index contributed by atoms with van der Waals surface area (Å²) >= 11 is 0. The van der Waals surface area contributed by atoms with Crippen LogP contribution in [0.4, 0.5) is 26.1 Å². The molecule has 0 unspecified atom stereocenters. The number of carbonyl (C=O) groups excluding carboxylic acids is 3. The first-order chi connectivity index (χ1) is 32.2. The standard InChI is InChI=1S/C45H46F2N12O7S/c1-55(29-3-4-29)67(64,65)54-38-9-7-35(46)42(34(38)22-48)66-31-5-8-37-33(21-31)44(63)59(26-51-37)30-23-49-45(50-24-30)58-18-16-57(17-19-58)41(61)25-56-14-12-27(13-15-56)32-6-2-28(20-36(32)47)52-39-10-11-40(60)53-43(39)62/h2,5-9,20-21,23-24,26-27,29,39,52,54H,3-4,10-19,25H2,1H3,(H,53,60,62)/t39-/m1/s1. The lowest BCUT2D eigenvalue weighted by atomic mass is 9.89. The average Bonchev–Trinajstić information content (AvgIpc) is 4.18. The van der Waals surface area contributed by atoms with Crippen molar-refractivity contribution in [3.63, 3.8) is 0 Å². The van der Waals surface area contributed by atoms with E-state index in [0.29, 0.717) is 99.8 Å². The first kappa shape index (κ1) is 45.1. The van der Waals surface area contributed by atoms with Gasteiger partial charge in [0.25, 0.3) is 5.56 Å². The van der Waals surface area contributed by atoms with Crippen LogP contribution in [0.3, 0.4) is 0 Å². The SMILES string of the molecule is CN(C1CC1)S(=O)(=O)Nc1ccc(F)c(Oc2ccc3ncn(-c4cnc(N5CCN(C(=O)CN6CCC(c7ccc(N[C@@H]8CCC(=O)NC8=O)cc7F)CC6)CC5)nc4)c(=O)c3c2)c1C#N. The Labute approximate surface area is 383 Å². The molecule has 4 aliphatic rings. The Balaban J connectivity index is 0.780. The summed E-state index contributed by atoms with van der Waals surface area (Å²) in [6, 6.07) is 12.4. The monoisotopic (exact) mass is 936 g/mol. The molecule has 0 spiro atoms. The van der Waals surface area contributed by atoms with E-state index in [2.05, 4.69) is 35.2 Å². The molecule has 3 aliphatic heterocycles. The first-order valence-corrected chi connectivity index (χ1v) is 23.3. The molecule has 1 aliphatic carbocycles. The summed E-state index contributed by atoms with van der Waals surface area (Å²) in [6.07, 6.45) is 7.69. The lowest BCUT2D eigenvalue weighted by Gasteiger charge is -2.37. The number of nitrogens with one attached hydrogen (secondary N) is 3. The van der Waals surface area contributed by atoms with Crippen LogP contribution in [0, 0.1) is 23.0 Å². The lowest BCUT2D eigenvalue weighted by Crippen LogP contribution is -2.52. The number of hydrogen-bond acceptors (Lipinski definition) is 14. The maximum absolute atomic E-state index is 15.3. The Bertz CT molecular complexity index is 2970. The van der Waals surface area contributed by atoms with Crippen LogP contribution in [0.5, 0.6) is 11.5 Å². The van der Waals surface area contributed by atoms with Crippen molar-refractivity contribution in [1.82, 2.24) is 38.9 Å². The number of piperidine rings is 2. The number of nitrogens with zero attached hydrogens (tertiary/aromatic N) is 9. The van der Waals surface area contributed by atoms with E-state index in [4.69, 9.17) is 4.74 Å². The van der Waals surface area contributed by atoms with Gasteiger partial charge in [0.15, 0.2) is 11.6 Å². The number of piperazine rings is 1. The lowest BCUT2D eigenvalue weighted by molar-refractivity contribution is -0.134. The third kappa shape index (κ3) is 9.75. The van der Waals surface area contributed by atoms with Crippen molar-refractivity contribution in [2.45, 2.75) is 56.5 Å². The molecule has 19 nitrogen and oxygen atoms in total. The molecule has 1 saturated carbocycles. The van der Waals surface area contributed by atoms with Crippen molar-refractivity contribution in [3.8, 4) is 23.3 Å². The fourth-order valence-corrected chi connectivity index (χ4v) is 9.79. The number of hydrogen-bond donors (Lipinski definition) is 3. The van der Waals surface area contributed by atoms with Gasteiger partial charge in [0.1, 0.15) is 35.6 Å². The Morgan fingerprint density at radius 3 is 2.36 bits per heavy atom. The Kier molecular flexibility index (Phi) is 12.6. The molecule has 9 rings (SSSR count). The quantitative estimate of drug-likeness (QED) is 0.143. The molecule has 3 saturated heterocycles. The van der Waals surface area contributed by atoms with Gasteiger partial charge in [0.2, 0.25) is 23.7 Å². The summed E-state index contributed by atoms with van der Waals surface area (Å²) in [6.45, 7) is 3.43. The van der Waals surface area contributed by atoms with Crippen molar-refractivity contribution in [3.05, 3.63) is 100 Å². The zero-order valence-electron chi connectivity index (χ0n) is 36.3. The van der Waals surface area contributed by atoms with Gasteiger partial charge in [0.05, 0.1) is 41.2 Å². The molecule has 348 valence electrons. The van der Waals surface area contributed by atoms with Gasteiger partial charge in [-0.15, -0.1) is 0 Å². The molecule has 5 aromatic rings. The summed E-state index contributed by atoms with van der Waals surface area (Å²) in [7, 11) is -2.60. The van der Waals surface area contributed by atoms with Crippen LogP contribution in [0.25, 0.3) is 16.6 Å². The fraction of sp³-hybridized carbons (Fsp3) is 0.378. The highest BCUT2D eigenvalue weighted by atomic mass is 32.2. The predicted octanol–water partition coefficient (Wildman–Crippen LogP) is 3.61. The maximum Gasteiger partial charge on any atom is 0.301 e. The Morgan fingerprint density at radius 1 is 0.925 bits per heavy atom. The van der Waals surface area contributed by atoms with E-state index in [0.717, 1.165) is 12.1 Å². The third-order valence-corrected chi connectivity index (χ3v) is 14.2. The summed E-state index contributed by atoms with van der Waals surface area (Å²) < 4.78 is 66.8. The molecule has 0 radical (unpaired) electrons. The van der Waals surface area contributed by atoms with Gasteiger partial charge in [-0.1, -0.05) is 6.07 Å². The summed E-state index contributed by atoms with van der Waals surface area (Å²) in [5.74, 6) is -2.11. The van der Waals surface area contributed by atoms with E-state index in [1.54, 1.807) is 12.1 Å². The van der Waals surface area contributed by atoms with Gasteiger partial charge >= 0.3 is 10.2 Å². The Hall–Kier alpha value is -7.09. The number of rotatable bonds is 13. The summed E-state index contributed by atoms with van der Waals surface area (Å²) in [5, 5.41) is 15.4. The number of aromatic nitrogens is 4. The minimum atomic E-state index is -4.03. The number of ether oxygens (including phenoxy) is 1. The molecule has 3 N–H and O–H groups in total. The van der Waals surface area contributed by atoms with Gasteiger partial charge in [-0.25, -0.2) is 23.7 Å². The molecule has 4 fully saturated rings. The number of fused-ring (bicyclic) bond motifs is 1. The van der Waals surface area contributed by atoms with Gasteiger partial charge in [-0.2, -0.15) is 18.0 Å². The van der Waals surface area contributed by atoms with Gasteiger partial charge < -0.3 is 19.9 Å². The molecular weight excluding hydrogens is 891 g/mol. The second-order valence-electron chi connectivity index (χ2n) is 17.0. The molecule has 22 heteroatoms. The van der Waals surface area contributed by atoms with Crippen molar-refractivity contribution < 1.29 is 36.3 Å². The maximum atomic E-state index is 15.3. The third-order valence-electron chi connectivity index (χ3n) is 12.6. The zero-order chi connectivity index (χ0) is 47.0. The van der Waals surface area contributed by atoms with Crippen LogP contribution in [0.2, 0.25) is 0 Å². The van der Waals surface area contributed by atoms with E-state index in [1.807, 2.05) is 15.9 Å². The molecule has 3 amide bonds. The van der Waals surface area contributed by atoms with Gasteiger partial charge in [-0.05, 0) is 99.1 Å². The second-order valence-corrected chi connectivity index (χ2v) is 18.7. The van der Waals surface area contributed by atoms with Crippen LogP contribution >= 0.6 is 0 Å².